The van der Waals surface area contributed by atoms with Crippen molar-refractivity contribution in [3.63, 3.8) is 0 Å². The summed E-state index contributed by atoms with van der Waals surface area (Å²) in [5.74, 6) is 1.98. The third-order valence-corrected chi connectivity index (χ3v) is 5.27. The van der Waals surface area contributed by atoms with Gasteiger partial charge in [0.15, 0.2) is 5.82 Å². The van der Waals surface area contributed by atoms with E-state index >= 15 is 0 Å². The van der Waals surface area contributed by atoms with E-state index < -0.39 is 0 Å². The van der Waals surface area contributed by atoms with Crippen LogP contribution in [0, 0.1) is 26.7 Å². The second-order valence-corrected chi connectivity index (χ2v) is 7.34. The third kappa shape index (κ3) is 4.01. The summed E-state index contributed by atoms with van der Waals surface area (Å²) in [7, 11) is 0. The average Bonchev–Trinajstić information content (AvgIpc) is 3.15. The molecule has 1 aliphatic carbocycles. The van der Waals surface area contributed by atoms with Crippen molar-refractivity contribution in [2.24, 2.45) is 5.92 Å². The summed E-state index contributed by atoms with van der Waals surface area (Å²) < 4.78 is 13.1. The number of carbonyl (C=O) groups is 1. The molecule has 6 heteroatoms. The number of aromatic nitrogens is 2. The molecule has 26 heavy (non-hydrogen) atoms. The fraction of sp³-hybridized carbons (Fsp3) is 0.600. The number of hydrogen-bond donors (Lipinski definition) is 1. The number of aryl methyl sites for hydroxylation is 2. The van der Waals surface area contributed by atoms with Crippen LogP contribution < -0.4 is 5.32 Å². The van der Waals surface area contributed by atoms with Crippen LogP contribution >= 0.6 is 0 Å². The summed E-state index contributed by atoms with van der Waals surface area (Å²) in [4.78, 5) is 12.6. The van der Waals surface area contributed by atoms with Gasteiger partial charge in [0, 0.05) is 24.0 Å². The van der Waals surface area contributed by atoms with Crippen LogP contribution in [0.25, 0.3) is 5.82 Å². The highest BCUT2D eigenvalue weighted by atomic mass is 16.5. The van der Waals surface area contributed by atoms with Crippen LogP contribution in [0.15, 0.2) is 16.7 Å². The maximum atomic E-state index is 12.6. The lowest BCUT2D eigenvalue weighted by atomic mass is 9.88. The van der Waals surface area contributed by atoms with Crippen LogP contribution in [0.4, 0.5) is 0 Å². The Morgan fingerprint density at radius 2 is 2.08 bits per heavy atom. The molecule has 2 aromatic rings. The molecule has 1 saturated carbocycles. The van der Waals surface area contributed by atoms with E-state index in [-0.39, 0.29) is 5.91 Å². The van der Waals surface area contributed by atoms with Crippen molar-refractivity contribution in [1.82, 2.24) is 15.0 Å². The quantitative estimate of drug-likeness (QED) is 0.798. The molecule has 1 N–H and O–H groups in total. The molecule has 1 amide bonds. The fourth-order valence-corrected chi connectivity index (χ4v) is 3.80. The van der Waals surface area contributed by atoms with Gasteiger partial charge < -0.3 is 14.6 Å². The standard InChI is InChI=1S/C20H29N3O3/c1-13-7-5-6-8-18(13)25-10-9-21-20(24)17-11-14(2)23(16(17)4)19-12-15(3)26-22-19/h11-13,18H,5-10H2,1-4H3,(H,21,24). The van der Waals surface area contributed by atoms with Gasteiger partial charge in [-0.2, -0.15) is 0 Å². The zero-order valence-electron chi connectivity index (χ0n) is 16.2. The van der Waals surface area contributed by atoms with Crippen molar-refractivity contribution in [1.29, 1.82) is 0 Å². The molecule has 6 nitrogen and oxygen atoms in total. The van der Waals surface area contributed by atoms with Gasteiger partial charge in [-0.15, -0.1) is 0 Å². The molecular formula is C20H29N3O3. The highest BCUT2D eigenvalue weighted by Gasteiger charge is 2.22. The van der Waals surface area contributed by atoms with E-state index in [1.54, 1.807) is 0 Å². The maximum absolute atomic E-state index is 12.6. The molecule has 0 radical (unpaired) electrons. The van der Waals surface area contributed by atoms with E-state index in [1.807, 2.05) is 37.5 Å². The summed E-state index contributed by atoms with van der Waals surface area (Å²) in [5, 5.41) is 7.02. The van der Waals surface area contributed by atoms with Gasteiger partial charge in [-0.3, -0.25) is 9.36 Å². The molecule has 2 heterocycles. The number of carbonyl (C=O) groups excluding carboxylic acids is 1. The monoisotopic (exact) mass is 359 g/mol. The Kier molecular flexibility index (Phi) is 5.81. The Morgan fingerprint density at radius 3 is 2.77 bits per heavy atom. The number of hydrogen-bond acceptors (Lipinski definition) is 4. The van der Waals surface area contributed by atoms with Crippen molar-refractivity contribution in [3.8, 4) is 5.82 Å². The molecule has 1 fully saturated rings. The molecule has 1 aliphatic rings. The molecule has 0 spiro atoms. The van der Waals surface area contributed by atoms with Crippen LogP contribution in [0.5, 0.6) is 0 Å². The Hall–Kier alpha value is -2.08. The second-order valence-electron chi connectivity index (χ2n) is 7.34. The molecule has 0 bridgehead atoms. The lowest BCUT2D eigenvalue weighted by molar-refractivity contribution is -0.00294. The zero-order valence-corrected chi connectivity index (χ0v) is 16.2. The summed E-state index contributed by atoms with van der Waals surface area (Å²) in [6.45, 7) is 9.07. The van der Waals surface area contributed by atoms with Gasteiger partial charge >= 0.3 is 0 Å². The minimum absolute atomic E-state index is 0.0788. The van der Waals surface area contributed by atoms with Gasteiger partial charge in [0.1, 0.15) is 5.76 Å². The average molecular weight is 359 g/mol. The normalized spacial score (nSPS) is 20.3. The number of ether oxygens (including phenoxy) is 1. The Morgan fingerprint density at radius 1 is 1.31 bits per heavy atom. The summed E-state index contributed by atoms with van der Waals surface area (Å²) in [6, 6.07) is 3.75. The van der Waals surface area contributed by atoms with Gasteiger partial charge in [0.25, 0.3) is 5.91 Å². The van der Waals surface area contributed by atoms with Crippen LogP contribution in [0.1, 0.15) is 60.1 Å². The van der Waals surface area contributed by atoms with E-state index in [1.165, 1.54) is 19.3 Å². The minimum atomic E-state index is -0.0788. The Labute approximate surface area is 154 Å². The smallest absolute Gasteiger partial charge is 0.253 e. The predicted octanol–water partition coefficient (Wildman–Crippen LogP) is 3.72. The third-order valence-electron chi connectivity index (χ3n) is 5.27. The van der Waals surface area contributed by atoms with E-state index in [0.717, 1.165) is 23.6 Å². The Balaban J connectivity index is 1.57. The van der Waals surface area contributed by atoms with Crippen LogP contribution in [-0.4, -0.2) is 34.9 Å². The van der Waals surface area contributed by atoms with E-state index in [0.29, 0.717) is 36.6 Å². The lowest BCUT2D eigenvalue weighted by Crippen LogP contribution is -2.32. The fourth-order valence-electron chi connectivity index (χ4n) is 3.80. The molecule has 2 atom stereocenters. The van der Waals surface area contributed by atoms with Gasteiger partial charge in [-0.25, -0.2) is 0 Å². The Bertz CT molecular complexity index is 762. The van der Waals surface area contributed by atoms with E-state index in [2.05, 4.69) is 17.4 Å². The molecular weight excluding hydrogens is 330 g/mol. The van der Waals surface area contributed by atoms with Gasteiger partial charge in [0.05, 0.1) is 18.3 Å². The molecule has 142 valence electrons. The SMILES string of the molecule is Cc1cc(-n2c(C)cc(C(=O)NCCOC3CCCCC3C)c2C)no1. The van der Waals surface area contributed by atoms with E-state index in [4.69, 9.17) is 9.26 Å². The molecule has 0 saturated heterocycles. The number of rotatable bonds is 6. The maximum Gasteiger partial charge on any atom is 0.253 e. The first kappa shape index (κ1) is 18.7. The van der Waals surface area contributed by atoms with Crippen molar-refractivity contribution >= 4 is 5.91 Å². The molecule has 3 rings (SSSR count). The van der Waals surface area contributed by atoms with Crippen molar-refractivity contribution in [2.45, 2.75) is 59.5 Å². The highest BCUT2D eigenvalue weighted by molar-refractivity contribution is 5.95. The largest absolute Gasteiger partial charge is 0.376 e. The lowest BCUT2D eigenvalue weighted by Gasteiger charge is -2.28. The van der Waals surface area contributed by atoms with Crippen LogP contribution in [0.2, 0.25) is 0 Å². The van der Waals surface area contributed by atoms with Gasteiger partial charge in [0.2, 0.25) is 0 Å². The van der Waals surface area contributed by atoms with Crippen LogP contribution in [0.3, 0.4) is 0 Å². The van der Waals surface area contributed by atoms with E-state index in [9.17, 15) is 4.79 Å². The number of nitrogens with one attached hydrogen (secondary N) is 1. The topological polar surface area (TPSA) is 69.3 Å². The van der Waals surface area contributed by atoms with Gasteiger partial charge in [-0.05, 0) is 45.6 Å². The first-order chi connectivity index (χ1) is 12.5. The number of nitrogens with zero attached hydrogens (tertiary/aromatic N) is 2. The summed E-state index contributed by atoms with van der Waals surface area (Å²) in [5.41, 5.74) is 2.47. The second kappa shape index (κ2) is 8.08. The zero-order chi connectivity index (χ0) is 18.7. The van der Waals surface area contributed by atoms with Crippen molar-refractivity contribution < 1.29 is 14.1 Å². The minimum Gasteiger partial charge on any atom is -0.376 e. The predicted molar refractivity (Wildman–Crippen MR) is 99.7 cm³/mol. The molecule has 2 unspecified atom stereocenters. The summed E-state index contributed by atoms with van der Waals surface area (Å²) >= 11 is 0. The summed E-state index contributed by atoms with van der Waals surface area (Å²) in [6.07, 6.45) is 5.26. The molecule has 2 aromatic heterocycles. The first-order valence-corrected chi connectivity index (χ1v) is 9.50. The molecule has 0 aromatic carbocycles. The van der Waals surface area contributed by atoms with Crippen molar-refractivity contribution in [3.05, 3.63) is 34.8 Å². The first-order valence-electron chi connectivity index (χ1n) is 9.50. The van der Waals surface area contributed by atoms with Gasteiger partial charge in [-0.1, -0.05) is 24.9 Å². The molecule has 0 aliphatic heterocycles. The van der Waals surface area contributed by atoms with Crippen LogP contribution in [-0.2, 0) is 4.74 Å². The number of amides is 1. The highest BCUT2D eigenvalue weighted by Crippen LogP contribution is 2.26. The van der Waals surface area contributed by atoms with Crippen molar-refractivity contribution in [2.75, 3.05) is 13.2 Å².